The molecular weight excluding hydrogens is 230 g/mol. The molecule has 1 saturated carbocycles. The maximum absolute atomic E-state index is 10.8. The van der Waals surface area contributed by atoms with E-state index in [1.165, 1.54) is 0 Å². The van der Waals surface area contributed by atoms with Gasteiger partial charge in [-0.3, -0.25) is 0 Å². The minimum absolute atomic E-state index is 0.0455. The maximum Gasteiger partial charge on any atom is 0.404 e. The lowest BCUT2D eigenvalue weighted by molar-refractivity contribution is 0.184. The van der Waals surface area contributed by atoms with E-state index < -0.39 is 6.09 Å². The van der Waals surface area contributed by atoms with Crippen molar-refractivity contribution in [2.75, 3.05) is 11.1 Å². The Morgan fingerprint density at radius 2 is 1.89 bits per heavy atom. The summed E-state index contributed by atoms with van der Waals surface area (Å²) in [6.07, 6.45) is 3.04. The van der Waals surface area contributed by atoms with Gasteiger partial charge in [0.1, 0.15) is 0 Å². The predicted molar refractivity (Wildman–Crippen MR) is 71.7 cm³/mol. The van der Waals surface area contributed by atoms with E-state index in [4.69, 9.17) is 10.8 Å². The molecule has 98 valence electrons. The van der Waals surface area contributed by atoms with E-state index in [9.17, 15) is 4.79 Å². The quantitative estimate of drug-likeness (QED) is 0.619. The number of carboxylic acid groups (broad SMARTS) is 1. The van der Waals surface area contributed by atoms with Crippen LogP contribution >= 0.6 is 0 Å². The van der Waals surface area contributed by atoms with Gasteiger partial charge >= 0.3 is 6.09 Å². The van der Waals surface area contributed by atoms with Crippen molar-refractivity contribution in [3.63, 3.8) is 0 Å². The minimum atomic E-state index is -0.963. The zero-order valence-electron chi connectivity index (χ0n) is 10.2. The van der Waals surface area contributed by atoms with E-state index in [0.29, 0.717) is 5.69 Å². The summed E-state index contributed by atoms with van der Waals surface area (Å²) in [6.45, 7) is 0. The molecule has 5 nitrogen and oxygen atoms in total. The third-order valence-electron chi connectivity index (χ3n) is 3.38. The van der Waals surface area contributed by atoms with Crippen LogP contribution in [0.25, 0.3) is 0 Å². The lowest BCUT2D eigenvalue weighted by Gasteiger charge is -2.33. The van der Waals surface area contributed by atoms with Crippen LogP contribution in [0.15, 0.2) is 24.3 Å². The number of benzene rings is 1. The standard InChI is InChI=1S/C13H19N3O2/c14-9-5-1-2-6-10(9)15-11-7-3-4-8-12(11)16-13(17)18/h1-2,5-6,11-12,15-16H,3-4,7-8,14H2,(H,17,18)/t11-,12-/m1/s1. The molecule has 0 spiro atoms. The Bertz CT molecular complexity index is 422. The molecule has 1 amide bonds. The van der Waals surface area contributed by atoms with Crippen LogP contribution in [0.3, 0.4) is 0 Å². The molecule has 0 aromatic heterocycles. The number of amides is 1. The molecule has 1 aromatic carbocycles. The molecule has 1 aliphatic rings. The molecule has 0 bridgehead atoms. The van der Waals surface area contributed by atoms with E-state index in [-0.39, 0.29) is 12.1 Å². The summed E-state index contributed by atoms with van der Waals surface area (Å²) < 4.78 is 0. The number of anilines is 2. The summed E-state index contributed by atoms with van der Waals surface area (Å²) >= 11 is 0. The van der Waals surface area contributed by atoms with Crippen molar-refractivity contribution in [1.82, 2.24) is 5.32 Å². The van der Waals surface area contributed by atoms with Crippen LogP contribution in [-0.4, -0.2) is 23.3 Å². The van der Waals surface area contributed by atoms with E-state index >= 15 is 0 Å². The van der Waals surface area contributed by atoms with Gasteiger partial charge in [-0.05, 0) is 25.0 Å². The van der Waals surface area contributed by atoms with E-state index in [1.54, 1.807) is 0 Å². The van der Waals surface area contributed by atoms with Gasteiger partial charge in [0.25, 0.3) is 0 Å². The molecule has 5 heteroatoms. The Hall–Kier alpha value is -1.91. The van der Waals surface area contributed by atoms with Gasteiger partial charge in [0.15, 0.2) is 0 Å². The molecule has 0 radical (unpaired) electrons. The third-order valence-corrected chi connectivity index (χ3v) is 3.38. The fourth-order valence-corrected chi connectivity index (χ4v) is 2.46. The van der Waals surface area contributed by atoms with E-state index in [2.05, 4.69) is 10.6 Å². The molecule has 0 aliphatic heterocycles. The second-order valence-corrected chi connectivity index (χ2v) is 4.68. The predicted octanol–water partition coefficient (Wildman–Crippen LogP) is 2.26. The Morgan fingerprint density at radius 1 is 1.22 bits per heavy atom. The molecule has 2 rings (SSSR count). The fraction of sp³-hybridized carbons (Fsp3) is 0.462. The summed E-state index contributed by atoms with van der Waals surface area (Å²) in [5, 5.41) is 14.8. The minimum Gasteiger partial charge on any atom is -0.465 e. The smallest absolute Gasteiger partial charge is 0.404 e. The van der Waals surface area contributed by atoms with Gasteiger partial charge in [-0.15, -0.1) is 0 Å². The number of hydrogen-bond acceptors (Lipinski definition) is 3. The van der Waals surface area contributed by atoms with Gasteiger partial charge in [0.05, 0.1) is 17.4 Å². The Labute approximate surface area is 106 Å². The van der Waals surface area contributed by atoms with Crippen molar-refractivity contribution >= 4 is 17.5 Å². The lowest BCUT2D eigenvalue weighted by atomic mass is 9.90. The molecule has 1 fully saturated rings. The molecule has 0 unspecified atom stereocenters. The molecule has 1 aromatic rings. The summed E-state index contributed by atoms with van der Waals surface area (Å²) in [6, 6.07) is 7.62. The largest absolute Gasteiger partial charge is 0.465 e. The zero-order chi connectivity index (χ0) is 13.0. The number of nitrogen functional groups attached to an aromatic ring is 1. The summed E-state index contributed by atoms with van der Waals surface area (Å²) in [5.41, 5.74) is 7.45. The molecule has 18 heavy (non-hydrogen) atoms. The first-order chi connectivity index (χ1) is 8.66. The molecule has 5 N–H and O–H groups in total. The topological polar surface area (TPSA) is 87.4 Å². The second-order valence-electron chi connectivity index (χ2n) is 4.68. The average Bonchev–Trinajstić information content (AvgIpc) is 2.34. The van der Waals surface area contributed by atoms with E-state index in [1.807, 2.05) is 24.3 Å². The highest BCUT2D eigenvalue weighted by Gasteiger charge is 2.26. The average molecular weight is 249 g/mol. The van der Waals surface area contributed by atoms with Gasteiger partial charge in [-0.2, -0.15) is 0 Å². The van der Waals surface area contributed by atoms with Crippen molar-refractivity contribution in [1.29, 1.82) is 0 Å². The molecule has 0 saturated heterocycles. The monoisotopic (exact) mass is 249 g/mol. The first kappa shape index (κ1) is 12.5. The van der Waals surface area contributed by atoms with Crippen LogP contribution in [0.1, 0.15) is 25.7 Å². The molecule has 0 heterocycles. The Balaban J connectivity index is 2.05. The third kappa shape index (κ3) is 3.06. The van der Waals surface area contributed by atoms with Crippen molar-refractivity contribution in [2.45, 2.75) is 37.8 Å². The molecule has 2 atom stereocenters. The zero-order valence-corrected chi connectivity index (χ0v) is 10.2. The highest BCUT2D eigenvalue weighted by molar-refractivity contribution is 5.67. The highest BCUT2D eigenvalue weighted by atomic mass is 16.4. The first-order valence-electron chi connectivity index (χ1n) is 6.27. The van der Waals surface area contributed by atoms with Gasteiger partial charge < -0.3 is 21.5 Å². The van der Waals surface area contributed by atoms with Crippen molar-refractivity contribution in [2.24, 2.45) is 0 Å². The van der Waals surface area contributed by atoms with Gasteiger partial charge in [0.2, 0.25) is 0 Å². The van der Waals surface area contributed by atoms with Crippen LogP contribution in [0.5, 0.6) is 0 Å². The Morgan fingerprint density at radius 3 is 2.56 bits per heavy atom. The number of para-hydroxylation sites is 2. The number of rotatable bonds is 3. The maximum atomic E-state index is 10.8. The number of carbonyl (C=O) groups is 1. The second kappa shape index (κ2) is 5.62. The summed E-state index contributed by atoms with van der Waals surface area (Å²) in [4.78, 5) is 10.8. The van der Waals surface area contributed by atoms with Crippen LogP contribution in [0.4, 0.5) is 16.2 Å². The number of nitrogens with one attached hydrogen (secondary N) is 2. The van der Waals surface area contributed by atoms with Gasteiger partial charge in [-0.1, -0.05) is 25.0 Å². The SMILES string of the molecule is Nc1ccccc1N[C@@H]1CCCC[C@H]1NC(=O)O. The van der Waals surface area contributed by atoms with Crippen LogP contribution in [-0.2, 0) is 0 Å². The van der Waals surface area contributed by atoms with Crippen LogP contribution in [0.2, 0.25) is 0 Å². The van der Waals surface area contributed by atoms with E-state index in [0.717, 1.165) is 31.4 Å². The summed E-state index contributed by atoms with van der Waals surface area (Å²) in [7, 11) is 0. The Kier molecular flexibility index (Phi) is 3.92. The van der Waals surface area contributed by atoms with Crippen molar-refractivity contribution < 1.29 is 9.90 Å². The number of nitrogens with two attached hydrogens (primary N) is 1. The van der Waals surface area contributed by atoms with Crippen LogP contribution in [0, 0.1) is 0 Å². The molecular formula is C13H19N3O2. The molecule has 1 aliphatic carbocycles. The number of hydrogen-bond donors (Lipinski definition) is 4. The lowest BCUT2D eigenvalue weighted by Crippen LogP contribution is -2.48. The van der Waals surface area contributed by atoms with Gasteiger partial charge in [0, 0.05) is 6.04 Å². The van der Waals surface area contributed by atoms with Gasteiger partial charge in [-0.25, -0.2) is 4.79 Å². The van der Waals surface area contributed by atoms with Crippen LogP contribution < -0.4 is 16.4 Å². The highest BCUT2D eigenvalue weighted by Crippen LogP contribution is 2.25. The van der Waals surface area contributed by atoms with Crippen molar-refractivity contribution in [3.05, 3.63) is 24.3 Å². The normalized spacial score (nSPS) is 23.3. The summed E-state index contributed by atoms with van der Waals surface area (Å²) in [5.74, 6) is 0. The first-order valence-corrected chi connectivity index (χ1v) is 6.27. The van der Waals surface area contributed by atoms with Crippen molar-refractivity contribution in [3.8, 4) is 0 Å². The fourth-order valence-electron chi connectivity index (χ4n) is 2.46.